The molecule has 0 amide bonds. The molecule has 0 spiro atoms. The number of carbonyl (C=O) groups is 1. The molecule has 4 nitrogen and oxygen atoms in total. The molecule has 1 heterocycles. The van der Waals surface area contributed by atoms with E-state index >= 15 is 0 Å². The monoisotopic (exact) mass is 341 g/mol. The number of fused-ring (bicyclic) bond motifs is 1. The van der Waals surface area contributed by atoms with Crippen molar-refractivity contribution in [3.8, 4) is 5.75 Å². The Morgan fingerprint density at radius 2 is 1.84 bits per heavy atom. The minimum Gasteiger partial charge on any atom is -0.490 e. The smallest absolute Gasteiger partial charge is 0.305 e. The van der Waals surface area contributed by atoms with E-state index in [-0.39, 0.29) is 25.0 Å². The molecule has 130 valence electrons. The molecule has 3 aromatic rings. The van der Waals surface area contributed by atoms with Gasteiger partial charge in [-0.25, -0.2) is 4.39 Å². The van der Waals surface area contributed by atoms with Crippen LogP contribution >= 0.6 is 0 Å². The van der Waals surface area contributed by atoms with Crippen LogP contribution in [0.2, 0.25) is 0 Å². The number of hydrogen-bond acceptors (Lipinski definition) is 3. The van der Waals surface area contributed by atoms with Gasteiger partial charge in [0.2, 0.25) is 0 Å². The quantitative estimate of drug-likeness (QED) is 0.492. The number of esters is 1. The van der Waals surface area contributed by atoms with E-state index in [0.717, 1.165) is 18.4 Å². The second-order valence-corrected chi connectivity index (χ2v) is 5.74. The van der Waals surface area contributed by atoms with Crippen LogP contribution in [0.15, 0.2) is 54.7 Å². The van der Waals surface area contributed by atoms with E-state index in [4.69, 9.17) is 9.47 Å². The van der Waals surface area contributed by atoms with E-state index in [1.54, 1.807) is 12.1 Å². The molecule has 5 heteroatoms. The SMILES string of the molecule is O=C(CCCc1c[nH]c2ccccc12)OCCOc1ccc(F)cc1. The Bertz CT molecular complexity index is 826. The van der Waals surface area contributed by atoms with Crippen molar-refractivity contribution in [2.75, 3.05) is 13.2 Å². The fourth-order valence-electron chi connectivity index (χ4n) is 2.68. The molecule has 0 unspecified atom stereocenters. The van der Waals surface area contributed by atoms with Gasteiger partial charge in [-0.3, -0.25) is 4.79 Å². The van der Waals surface area contributed by atoms with E-state index in [9.17, 15) is 9.18 Å². The Labute approximate surface area is 145 Å². The number of aromatic nitrogens is 1. The summed E-state index contributed by atoms with van der Waals surface area (Å²) in [5.41, 5.74) is 2.32. The van der Waals surface area contributed by atoms with Crippen LogP contribution in [0.5, 0.6) is 5.75 Å². The van der Waals surface area contributed by atoms with Crippen LogP contribution < -0.4 is 4.74 Å². The number of nitrogens with one attached hydrogen (secondary N) is 1. The maximum absolute atomic E-state index is 12.8. The predicted molar refractivity (Wildman–Crippen MR) is 94.1 cm³/mol. The summed E-state index contributed by atoms with van der Waals surface area (Å²) in [5, 5.41) is 1.20. The zero-order chi connectivity index (χ0) is 17.5. The van der Waals surface area contributed by atoms with E-state index in [0.29, 0.717) is 12.2 Å². The van der Waals surface area contributed by atoms with Gasteiger partial charge >= 0.3 is 5.97 Å². The predicted octanol–water partition coefficient (Wildman–Crippen LogP) is 4.25. The molecule has 0 saturated carbocycles. The number of ether oxygens (including phenoxy) is 2. The Balaban J connectivity index is 1.33. The van der Waals surface area contributed by atoms with Crippen molar-refractivity contribution in [1.82, 2.24) is 4.98 Å². The lowest BCUT2D eigenvalue weighted by atomic mass is 10.1. The summed E-state index contributed by atoms with van der Waals surface area (Å²) in [4.78, 5) is 15.0. The molecule has 0 aliphatic heterocycles. The summed E-state index contributed by atoms with van der Waals surface area (Å²) in [6.45, 7) is 0.434. The average Bonchev–Trinajstić information content (AvgIpc) is 3.04. The number of aromatic amines is 1. The van der Waals surface area contributed by atoms with E-state index in [1.807, 2.05) is 24.4 Å². The Hall–Kier alpha value is -2.82. The first kappa shape index (κ1) is 17.0. The molecule has 0 bridgehead atoms. The van der Waals surface area contributed by atoms with Gasteiger partial charge in [0.15, 0.2) is 0 Å². The lowest BCUT2D eigenvalue weighted by Gasteiger charge is -2.07. The van der Waals surface area contributed by atoms with Crippen molar-refractivity contribution in [3.63, 3.8) is 0 Å². The number of para-hydroxylation sites is 1. The summed E-state index contributed by atoms with van der Waals surface area (Å²) in [6, 6.07) is 13.8. The number of rotatable bonds is 8. The molecule has 0 aliphatic carbocycles. The van der Waals surface area contributed by atoms with Gasteiger partial charge in [-0.1, -0.05) is 18.2 Å². The minimum absolute atomic E-state index is 0.184. The normalized spacial score (nSPS) is 10.8. The average molecular weight is 341 g/mol. The topological polar surface area (TPSA) is 51.3 Å². The highest BCUT2D eigenvalue weighted by Crippen LogP contribution is 2.19. The lowest BCUT2D eigenvalue weighted by Crippen LogP contribution is -2.12. The maximum Gasteiger partial charge on any atom is 0.305 e. The van der Waals surface area contributed by atoms with Crippen molar-refractivity contribution >= 4 is 16.9 Å². The summed E-state index contributed by atoms with van der Waals surface area (Å²) < 4.78 is 23.3. The van der Waals surface area contributed by atoms with E-state index in [1.165, 1.54) is 23.1 Å². The number of carbonyl (C=O) groups excluding carboxylic acids is 1. The minimum atomic E-state index is -0.311. The molecule has 3 rings (SSSR count). The first-order chi connectivity index (χ1) is 12.2. The number of H-pyrrole nitrogens is 1. The van der Waals surface area contributed by atoms with Crippen LogP contribution in [0.3, 0.4) is 0 Å². The fraction of sp³-hybridized carbons (Fsp3) is 0.250. The maximum atomic E-state index is 12.8. The Morgan fingerprint density at radius 3 is 2.68 bits per heavy atom. The van der Waals surface area contributed by atoms with Gasteiger partial charge in [-0.05, 0) is 48.7 Å². The summed E-state index contributed by atoms with van der Waals surface area (Å²) in [7, 11) is 0. The molecule has 0 atom stereocenters. The molecular formula is C20H20FNO3. The lowest BCUT2D eigenvalue weighted by molar-refractivity contribution is -0.144. The van der Waals surface area contributed by atoms with Gasteiger partial charge in [0.1, 0.15) is 24.8 Å². The van der Waals surface area contributed by atoms with Crippen molar-refractivity contribution in [1.29, 1.82) is 0 Å². The summed E-state index contributed by atoms with van der Waals surface area (Å²) >= 11 is 0. The molecule has 0 aliphatic rings. The second kappa shape index (κ2) is 8.33. The summed E-state index contributed by atoms with van der Waals surface area (Å²) in [6.07, 6.45) is 3.92. The molecule has 1 N–H and O–H groups in total. The Kier molecular flexibility index (Phi) is 5.67. The highest BCUT2D eigenvalue weighted by molar-refractivity contribution is 5.83. The number of halogens is 1. The highest BCUT2D eigenvalue weighted by atomic mass is 19.1. The molecule has 0 radical (unpaired) electrons. The van der Waals surface area contributed by atoms with Crippen molar-refractivity contribution < 1.29 is 18.7 Å². The van der Waals surface area contributed by atoms with Crippen LogP contribution in [0.1, 0.15) is 18.4 Å². The molecule has 2 aromatic carbocycles. The molecule has 0 fully saturated rings. The van der Waals surface area contributed by atoms with E-state index in [2.05, 4.69) is 11.1 Å². The number of hydrogen-bond donors (Lipinski definition) is 1. The highest BCUT2D eigenvalue weighted by Gasteiger charge is 2.06. The van der Waals surface area contributed by atoms with Gasteiger partial charge in [-0.15, -0.1) is 0 Å². The number of benzene rings is 2. The molecular weight excluding hydrogens is 321 g/mol. The Morgan fingerprint density at radius 1 is 1.04 bits per heavy atom. The molecule has 25 heavy (non-hydrogen) atoms. The van der Waals surface area contributed by atoms with Crippen molar-refractivity contribution in [3.05, 3.63) is 66.1 Å². The van der Waals surface area contributed by atoms with Crippen molar-refractivity contribution in [2.45, 2.75) is 19.3 Å². The van der Waals surface area contributed by atoms with Crippen LogP contribution in [0, 0.1) is 5.82 Å². The van der Waals surface area contributed by atoms with Crippen LogP contribution in [-0.2, 0) is 16.0 Å². The zero-order valence-electron chi connectivity index (χ0n) is 13.8. The molecule has 1 aromatic heterocycles. The fourth-order valence-corrected chi connectivity index (χ4v) is 2.68. The first-order valence-electron chi connectivity index (χ1n) is 8.31. The second-order valence-electron chi connectivity index (χ2n) is 5.74. The standard InChI is InChI=1S/C20H20FNO3/c21-16-8-10-17(11-9-16)24-12-13-25-20(23)7-3-4-15-14-22-19-6-2-1-5-18(15)19/h1-2,5-6,8-11,14,22H,3-4,7,12-13H2. The van der Waals surface area contributed by atoms with Gasteiger partial charge in [0.05, 0.1) is 0 Å². The van der Waals surface area contributed by atoms with Crippen LogP contribution in [0.25, 0.3) is 10.9 Å². The first-order valence-corrected chi connectivity index (χ1v) is 8.31. The largest absolute Gasteiger partial charge is 0.490 e. The van der Waals surface area contributed by atoms with Gasteiger partial charge in [0, 0.05) is 23.5 Å². The zero-order valence-corrected chi connectivity index (χ0v) is 13.8. The number of aryl methyl sites for hydroxylation is 1. The van der Waals surface area contributed by atoms with Gasteiger partial charge < -0.3 is 14.5 Å². The third-order valence-electron chi connectivity index (χ3n) is 3.93. The van der Waals surface area contributed by atoms with Gasteiger partial charge in [0.25, 0.3) is 0 Å². The van der Waals surface area contributed by atoms with Gasteiger partial charge in [-0.2, -0.15) is 0 Å². The van der Waals surface area contributed by atoms with E-state index < -0.39 is 0 Å². The van der Waals surface area contributed by atoms with Crippen LogP contribution in [-0.4, -0.2) is 24.2 Å². The van der Waals surface area contributed by atoms with Crippen LogP contribution in [0.4, 0.5) is 4.39 Å². The third-order valence-corrected chi connectivity index (χ3v) is 3.93. The molecule has 0 saturated heterocycles. The third kappa shape index (κ3) is 4.83. The van der Waals surface area contributed by atoms with Crippen molar-refractivity contribution in [2.24, 2.45) is 0 Å². The summed E-state index contributed by atoms with van der Waals surface area (Å²) in [5.74, 6) is 0.00770.